The summed E-state index contributed by atoms with van der Waals surface area (Å²) in [6, 6.07) is 18.6. The topological polar surface area (TPSA) is 131 Å². The molecule has 0 unspecified atom stereocenters. The smallest absolute Gasteiger partial charge is 0.320 e. The van der Waals surface area contributed by atoms with Crippen LogP contribution in [0, 0.1) is 10.8 Å². The molecule has 0 saturated carbocycles. The van der Waals surface area contributed by atoms with E-state index in [1.165, 1.54) is 14.2 Å². The maximum absolute atomic E-state index is 14.6. The molecule has 11 heteroatoms. The molecule has 0 N–H and O–H groups in total. The van der Waals surface area contributed by atoms with E-state index < -0.39 is 28.6 Å². The molecule has 2 heterocycles. The van der Waals surface area contributed by atoms with Gasteiger partial charge in [-0.15, -0.1) is 10.2 Å². The Morgan fingerprint density at radius 2 is 1.08 bits per heavy atom. The van der Waals surface area contributed by atoms with Crippen molar-refractivity contribution in [3.8, 4) is 11.4 Å². The second kappa shape index (κ2) is 8.72. The monoisotopic (exact) mass is 512 g/mol. The van der Waals surface area contributed by atoms with Gasteiger partial charge in [0.05, 0.1) is 48.4 Å². The molecule has 0 aliphatic heterocycles. The SMILES string of the molecule is COC(=O)[C@@]12Cc3nnn(-c4ccccc4)c3C[C@@](C(=O)OC)(Cc3nnn(-c4ccccc4)c3C1)C2=O. The summed E-state index contributed by atoms with van der Waals surface area (Å²) in [5.41, 5.74) is -0.117. The standard InChI is InChI=1S/C27H24N6O5/c1-37-24(35)26-13-19-22(33(30-28-19)18-11-7-4-8-12-18)16-27(23(26)34,25(36)38-2)14-20-21(15-26)32(31-29-20)17-9-5-3-6-10-17/h3-12H,13-16H2,1-2H3/t26-,27-/m0/s1. The highest BCUT2D eigenvalue weighted by molar-refractivity contribution is 6.16. The lowest BCUT2D eigenvalue weighted by Crippen LogP contribution is -2.54. The van der Waals surface area contributed by atoms with Crippen LogP contribution in [0.2, 0.25) is 0 Å². The van der Waals surface area contributed by atoms with E-state index in [2.05, 4.69) is 20.6 Å². The number of hydrogen-bond acceptors (Lipinski definition) is 9. The van der Waals surface area contributed by atoms with Crippen molar-refractivity contribution in [2.24, 2.45) is 10.8 Å². The number of methoxy groups -OCH3 is 2. The first-order chi connectivity index (χ1) is 18.4. The lowest BCUT2D eigenvalue weighted by atomic mass is 9.66. The van der Waals surface area contributed by atoms with E-state index >= 15 is 0 Å². The van der Waals surface area contributed by atoms with Crippen LogP contribution in [0.4, 0.5) is 0 Å². The largest absolute Gasteiger partial charge is 0.468 e. The fraction of sp³-hybridized carbons (Fsp3) is 0.296. The Morgan fingerprint density at radius 3 is 1.45 bits per heavy atom. The first-order valence-corrected chi connectivity index (χ1v) is 12.1. The Morgan fingerprint density at radius 1 is 0.684 bits per heavy atom. The Kier molecular flexibility index (Phi) is 5.44. The molecule has 0 radical (unpaired) electrons. The fourth-order valence-corrected chi connectivity index (χ4v) is 5.76. The fourth-order valence-electron chi connectivity index (χ4n) is 5.76. The molecule has 2 aliphatic rings. The van der Waals surface area contributed by atoms with Crippen LogP contribution in [0.3, 0.4) is 0 Å². The number of nitrogens with zero attached hydrogens (tertiary/aromatic N) is 6. The summed E-state index contributed by atoms with van der Waals surface area (Å²) < 4.78 is 13.7. The van der Waals surface area contributed by atoms with Crippen molar-refractivity contribution in [1.82, 2.24) is 30.0 Å². The number of para-hydroxylation sites is 2. The van der Waals surface area contributed by atoms with Gasteiger partial charge in [0.2, 0.25) is 0 Å². The highest BCUT2D eigenvalue weighted by atomic mass is 16.5. The molecule has 2 aromatic heterocycles. The summed E-state index contributed by atoms with van der Waals surface area (Å²) in [4.78, 5) is 41.9. The van der Waals surface area contributed by atoms with Crippen molar-refractivity contribution >= 4 is 17.7 Å². The van der Waals surface area contributed by atoms with E-state index in [1.54, 1.807) is 9.36 Å². The van der Waals surface area contributed by atoms with E-state index in [0.717, 1.165) is 0 Å². The number of hydrogen-bond donors (Lipinski definition) is 0. The van der Waals surface area contributed by atoms with E-state index in [-0.39, 0.29) is 25.7 Å². The minimum absolute atomic E-state index is 0.0773. The molecular formula is C27H24N6O5. The molecule has 11 nitrogen and oxygen atoms in total. The molecule has 2 bridgehead atoms. The average Bonchev–Trinajstić information content (AvgIpc) is 3.49. The number of carbonyl (C=O) groups excluding carboxylic acids is 3. The van der Waals surface area contributed by atoms with Crippen molar-refractivity contribution in [1.29, 1.82) is 0 Å². The van der Waals surface area contributed by atoms with Gasteiger partial charge in [0, 0.05) is 25.7 Å². The van der Waals surface area contributed by atoms with Crippen molar-refractivity contribution < 1.29 is 23.9 Å². The first-order valence-electron chi connectivity index (χ1n) is 12.1. The first kappa shape index (κ1) is 23.7. The molecule has 0 amide bonds. The summed E-state index contributed by atoms with van der Waals surface area (Å²) in [7, 11) is 2.46. The van der Waals surface area contributed by atoms with Crippen molar-refractivity contribution in [3.05, 3.63) is 83.4 Å². The Hall–Kier alpha value is -4.67. The predicted molar refractivity (Wildman–Crippen MR) is 131 cm³/mol. The Balaban J connectivity index is 1.62. The predicted octanol–water partition coefficient (Wildman–Crippen LogP) is 1.63. The van der Waals surface area contributed by atoms with Crippen LogP contribution in [-0.4, -0.2) is 61.9 Å². The van der Waals surface area contributed by atoms with Gasteiger partial charge in [-0.2, -0.15) is 0 Å². The molecule has 38 heavy (non-hydrogen) atoms. The van der Waals surface area contributed by atoms with Gasteiger partial charge >= 0.3 is 11.9 Å². The van der Waals surface area contributed by atoms with E-state index in [9.17, 15) is 14.4 Å². The van der Waals surface area contributed by atoms with Gasteiger partial charge in [0.1, 0.15) is 10.8 Å². The van der Waals surface area contributed by atoms with Crippen LogP contribution in [0.25, 0.3) is 11.4 Å². The molecule has 4 aromatic rings. The van der Waals surface area contributed by atoms with Crippen LogP contribution in [-0.2, 0) is 49.5 Å². The van der Waals surface area contributed by atoms with E-state index in [4.69, 9.17) is 9.47 Å². The zero-order chi connectivity index (χ0) is 26.5. The Bertz CT molecular complexity index is 1450. The zero-order valence-corrected chi connectivity index (χ0v) is 20.8. The Labute approximate surface area is 217 Å². The van der Waals surface area contributed by atoms with Crippen molar-refractivity contribution in [2.75, 3.05) is 14.2 Å². The third-order valence-corrected chi connectivity index (χ3v) is 7.59. The second-order valence-electron chi connectivity index (χ2n) is 9.64. The summed E-state index contributed by atoms with van der Waals surface area (Å²) in [6.45, 7) is 0. The quantitative estimate of drug-likeness (QED) is 0.296. The molecule has 2 atom stereocenters. The zero-order valence-electron chi connectivity index (χ0n) is 20.8. The number of ether oxygens (including phenoxy) is 2. The molecule has 0 saturated heterocycles. The number of aromatic nitrogens is 6. The van der Waals surface area contributed by atoms with E-state index in [0.29, 0.717) is 34.2 Å². The van der Waals surface area contributed by atoms with Crippen LogP contribution in [0.1, 0.15) is 22.8 Å². The molecular weight excluding hydrogens is 488 g/mol. The average molecular weight is 513 g/mol. The number of rotatable bonds is 4. The number of ketones is 1. The third kappa shape index (κ3) is 3.31. The van der Waals surface area contributed by atoms with Gasteiger partial charge in [-0.25, -0.2) is 9.36 Å². The van der Waals surface area contributed by atoms with Gasteiger partial charge < -0.3 is 9.47 Å². The lowest BCUT2D eigenvalue weighted by molar-refractivity contribution is -0.168. The van der Waals surface area contributed by atoms with Gasteiger partial charge in [-0.05, 0) is 24.3 Å². The molecule has 2 aliphatic carbocycles. The minimum Gasteiger partial charge on any atom is -0.468 e. The summed E-state index contributed by atoms with van der Waals surface area (Å²) in [5.74, 6) is -2.09. The maximum Gasteiger partial charge on any atom is 0.320 e. The number of carbonyl (C=O) groups is 3. The molecule has 0 spiro atoms. The normalized spacial score (nSPS) is 22.0. The van der Waals surface area contributed by atoms with Gasteiger partial charge in [-0.1, -0.05) is 46.8 Å². The number of Topliss-reactive ketones (excluding diaryl/α,β-unsaturated/α-hetero) is 1. The summed E-state index contributed by atoms with van der Waals surface area (Å²) in [6.07, 6.45) is -0.351. The number of fused-ring (bicyclic) bond motifs is 4. The number of benzene rings is 2. The van der Waals surface area contributed by atoms with Gasteiger partial charge in [0.25, 0.3) is 0 Å². The van der Waals surface area contributed by atoms with E-state index in [1.807, 2.05) is 60.7 Å². The number of esters is 2. The van der Waals surface area contributed by atoms with Crippen molar-refractivity contribution in [2.45, 2.75) is 25.7 Å². The van der Waals surface area contributed by atoms with Crippen LogP contribution < -0.4 is 0 Å². The molecule has 192 valence electrons. The van der Waals surface area contributed by atoms with Crippen LogP contribution >= 0.6 is 0 Å². The highest BCUT2D eigenvalue weighted by Crippen LogP contribution is 2.48. The minimum atomic E-state index is -1.77. The lowest BCUT2D eigenvalue weighted by Gasteiger charge is -2.33. The van der Waals surface area contributed by atoms with Gasteiger partial charge in [-0.3, -0.25) is 14.4 Å². The third-order valence-electron chi connectivity index (χ3n) is 7.59. The maximum atomic E-state index is 14.6. The second-order valence-corrected chi connectivity index (χ2v) is 9.64. The molecule has 0 fully saturated rings. The molecule has 6 rings (SSSR count). The summed E-state index contributed by atoms with van der Waals surface area (Å²) in [5, 5.41) is 17.5. The summed E-state index contributed by atoms with van der Waals surface area (Å²) >= 11 is 0. The molecule has 2 aromatic carbocycles. The highest BCUT2D eigenvalue weighted by Gasteiger charge is 2.64. The van der Waals surface area contributed by atoms with Crippen molar-refractivity contribution in [3.63, 3.8) is 0 Å². The van der Waals surface area contributed by atoms with Crippen LogP contribution in [0.5, 0.6) is 0 Å². The van der Waals surface area contributed by atoms with Crippen LogP contribution in [0.15, 0.2) is 60.7 Å². The van der Waals surface area contributed by atoms with Gasteiger partial charge in [0.15, 0.2) is 5.78 Å².